The molecule has 6 heteroatoms. The predicted octanol–water partition coefficient (Wildman–Crippen LogP) is 2.97. The Kier molecular flexibility index (Phi) is 4.89. The highest BCUT2D eigenvalue weighted by molar-refractivity contribution is 7.09. The molecular weight excluding hydrogens is 242 g/mol. The maximum atomic E-state index is 12.3. The van der Waals surface area contributed by atoms with E-state index in [0.717, 1.165) is 30.9 Å². The normalized spacial score (nSPS) is 17.8. The molecule has 86 valence electrons. The fraction of sp³-hybridized carbons (Fsp3) is 0.667. The monoisotopic (exact) mass is 254 g/mol. The minimum absolute atomic E-state index is 0. The van der Waals surface area contributed by atoms with E-state index in [1.165, 1.54) is 16.7 Å². The summed E-state index contributed by atoms with van der Waals surface area (Å²) in [5, 5.41) is 5.59. The van der Waals surface area contributed by atoms with Gasteiger partial charge < -0.3 is 5.32 Å². The molecule has 0 spiro atoms. The van der Waals surface area contributed by atoms with E-state index in [1.807, 2.05) is 0 Å². The number of rotatable bonds is 2. The average molecular weight is 255 g/mol. The summed E-state index contributed by atoms with van der Waals surface area (Å²) in [6.45, 7) is 1.93. The van der Waals surface area contributed by atoms with E-state index in [-0.39, 0.29) is 18.1 Å². The number of piperidine rings is 1. The first-order valence-corrected chi connectivity index (χ1v) is 5.59. The van der Waals surface area contributed by atoms with E-state index >= 15 is 0 Å². The van der Waals surface area contributed by atoms with Gasteiger partial charge in [0.1, 0.15) is 5.69 Å². The van der Waals surface area contributed by atoms with Crippen LogP contribution in [0.15, 0.2) is 5.38 Å². The van der Waals surface area contributed by atoms with Crippen molar-refractivity contribution < 1.29 is 8.78 Å². The van der Waals surface area contributed by atoms with Gasteiger partial charge in [0.25, 0.3) is 6.43 Å². The third-order valence-corrected chi connectivity index (χ3v) is 3.48. The summed E-state index contributed by atoms with van der Waals surface area (Å²) in [6, 6.07) is 0. The number of thiazole rings is 1. The van der Waals surface area contributed by atoms with Crippen molar-refractivity contribution in [1.29, 1.82) is 0 Å². The maximum Gasteiger partial charge on any atom is 0.281 e. The molecule has 1 aromatic heterocycles. The van der Waals surface area contributed by atoms with Gasteiger partial charge in [-0.05, 0) is 25.9 Å². The second-order valence-corrected chi connectivity index (χ2v) is 4.33. The Bertz CT molecular complexity index is 300. The van der Waals surface area contributed by atoms with Crippen LogP contribution >= 0.6 is 23.7 Å². The molecule has 0 bridgehead atoms. The van der Waals surface area contributed by atoms with Gasteiger partial charge in [-0.25, -0.2) is 13.8 Å². The predicted molar refractivity (Wildman–Crippen MR) is 59.2 cm³/mol. The molecule has 0 amide bonds. The van der Waals surface area contributed by atoms with Crippen LogP contribution in [0.4, 0.5) is 8.78 Å². The topological polar surface area (TPSA) is 24.9 Å². The number of nitrogens with one attached hydrogen (secondary N) is 1. The second kappa shape index (κ2) is 5.72. The number of alkyl halides is 2. The summed E-state index contributed by atoms with van der Waals surface area (Å²) in [5.74, 6) is 0.383. The van der Waals surface area contributed by atoms with E-state index in [9.17, 15) is 8.78 Å². The lowest BCUT2D eigenvalue weighted by Gasteiger charge is -2.20. The molecule has 1 fully saturated rings. The third kappa shape index (κ3) is 3.09. The summed E-state index contributed by atoms with van der Waals surface area (Å²) >= 11 is 1.37. The molecule has 1 saturated heterocycles. The lowest BCUT2D eigenvalue weighted by molar-refractivity contribution is 0.146. The van der Waals surface area contributed by atoms with Crippen molar-refractivity contribution in [3.63, 3.8) is 0 Å². The zero-order chi connectivity index (χ0) is 9.97. The molecule has 0 radical (unpaired) electrons. The Labute approximate surface area is 97.5 Å². The molecular formula is C9H13ClF2N2S. The summed E-state index contributed by atoms with van der Waals surface area (Å²) in [6.07, 6.45) is -0.409. The van der Waals surface area contributed by atoms with Crippen LogP contribution in [0.2, 0.25) is 0 Å². The maximum absolute atomic E-state index is 12.3. The first-order valence-electron chi connectivity index (χ1n) is 4.71. The van der Waals surface area contributed by atoms with Crippen LogP contribution in [0.3, 0.4) is 0 Å². The molecule has 1 aliphatic rings. The highest BCUT2D eigenvalue weighted by Gasteiger charge is 2.20. The highest BCUT2D eigenvalue weighted by Crippen LogP contribution is 2.30. The fourth-order valence-electron chi connectivity index (χ4n) is 1.66. The number of hydrogen-bond acceptors (Lipinski definition) is 3. The van der Waals surface area contributed by atoms with Crippen molar-refractivity contribution in [2.24, 2.45) is 0 Å². The Hall–Kier alpha value is -0.260. The van der Waals surface area contributed by atoms with Crippen LogP contribution in [-0.4, -0.2) is 18.1 Å². The molecule has 1 aliphatic heterocycles. The van der Waals surface area contributed by atoms with Gasteiger partial charge in [0, 0.05) is 11.3 Å². The van der Waals surface area contributed by atoms with Gasteiger partial charge in [0.2, 0.25) is 0 Å². The second-order valence-electron chi connectivity index (χ2n) is 3.44. The smallest absolute Gasteiger partial charge is 0.281 e. The van der Waals surface area contributed by atoms with Crippen molar-refractivity contribution in [1.82, 2.24) is 10.3 Å². The Morgan fingerprint density at radius 1 is 1.40 bits per heavy atom. The molecule has 0 saturated carbocycles. The van der Waals surface area contributed by atoms with Crippen LogP contribution in [-0.2, 0) is 0 Å². The first kappa shape index (κ1) is 12.8. The minimum atomic E-state index is -2.43. The van der Waals surface area contributed by atoms with Gasteiger partial charge >= 0.3 is 0 Å². The molecule has 15 heavy (non-hydrogen) atoms. The van der Waals surface area contributed by atoms with Gasteiger partial charge in [-0.2, -0.15) is 0 Å². The van der Waals surface area contributed by atoms with Crippen LogP contribution in [0.25, 0.3) is 0 Å². The Morgan fingerprint density at radius 3 is 2.60 bits per heavy atom. The van der Waals surface area contributed by atoms with E-state index < -0.39 is 6.43 Å². The SMILES string of the molecule is Cl.FC(F)c1csc(C2CCNCC2)n1. The van der Waals surface area contributed by atoms with E-state index in [1.54, 1.807) is 0 Å². The summed E-state index contributed by atoms with van der Waals surface area (Å²) < 4.78 is 24.6. The van der Waals surface area contributed by atoms with Crippen molar-refractivity contribution in [3.05, 3.63) is 16.1 Å². The molecule has 2 heterocycles. The lowest BCUT2D eigenvalue weighted by Crippen LogP contribution is -2.26. The zero-order valence-electron chi connectivity index (χ0n) is 8.08. The third-order valence-electron chi connectivity index (χ3n) is 2.45. The van der Waals surface area contributed by atoms with E-state index in [4.69, 9.17) is 0 Å². The Morgan fingerprint density at radius 2 is 2.07 bits per heavy atom. The van der Waals surface area contributed by atoms with Crippen molar-refractivity contribution >= 4 is 23.7 Å². The first-order chi connectivity index (χ1) is 6.77. The van der Waals surface area contributed by atoms with Crippen LogP contribution in [0, 0.1) is 0 Å². The molecule has 2 nitrogen and oxygen atoms in total. The van der Waals surface area contributed by atoms with Gasteiger partial charge in [-0.15, -0.1) is 23.7 Å². The van der Waals surface area contributed by atoms with Gasteiger partial charge in [0.05, 0.1) is 5.01 Å². The minimum Gasteiger partial charge on any atom is -0.317 e. The largest absolute Gasteiger partial charge is 0.317 e. The molecule has 0 atom stereocenters. The standard InChI is InChI=1S/C9H12F2N2S.ClH/c10-8(11)7-5-14-9(13-7)6-1-3-12-4-2-6;/h5-6,8,12H,1-4H2;1H. The van der Waals surface area contributed by atoms with Gasteiger partial charge in [-0.1, -0.05) is 0 Å². The quantitative estimate of drug-likeness (QED) is 0.878. The Balaban J connectivity index is 0.00000112. The van der Waals surface area contributed by atoms with Crippen molar-refractivity contribution in [2.45, 2.75) is 25.2 Å². The molecule has 0 aromatic carbocycles. The zero-order valence-corrected chi connectivity index (χ0v) is 9.71. The molecule has 0 unspecified atom stereocenters. The summed E-state index contributed by atoms with van der Waals surface area (Å²) in [5.41, 5.74) is -0.0662. The van der Waals surface area contributed by atoms with E-state index in [2.05, 4.69) is 10.3 Å². The number of halogens is 3. The van der Waals surface area contributed by atoms with Gasteiger partial charge in [-0.3, -0.25) is 0 Å². The van der Waals surface area contributed by atoms with Crippen LogP contribution in [0.1, 0.15) is 35.9 Å². The molecule has 0 aliphatic carbocycles. The van der Waals surface area contributed by atoms with Gasteiger partial charge in [0.15, 0.2) is 0 Å². The number of nitrogens with zero attached hydrogens (tertiary/aromatic N) is 1. The van der Waals surface area contributed by atoms with Crippen LogP contribution < -0.4 is 5.32 Å². The summed E-state index contributed by atoms with van der Waals surface area (Å²) in [7, 11) is 0. The van der Waals surface area contributed by atoms with Crippen molar-refractivity contribution in [3.8, 4) is 0 Å². The summed E-state index contributed by atoms with van der Waals surface area (Å²) in [4.78, 5) is 3.97. The highest BCUT2D eigenvalue weighted by atomic mass is 35.5. The van der Waals surface area contributed by atoms with Crippen molar-refractivity contribution in [2.75, 3.05) is 13.1 Å². The average Bonchev–Trinajstić information content (AvgIpc) is 2.68. The lowest BCUT2D eigenvalue weighted by atomic mass is 9.99. The number of hydrogen-bond donors (Lipinski definition) is 1. The van der Waals surface area contributed by atoms with E-state index in [0.29, 0.717) is 5.92 Å². The molecule has 1 N–H and O–H groups in total. The fourth-order valence-corrected chi connectivity index (χ4v) is 2.64. The van der Waals surface area contributed by atoms with Crippen LogP contribution in [0.5, 0.6) is 0 Å². The number of aromatic nitrogens is 1. The molecule has 2 rings (SSSR count). The molecule has 1 aromatic rings.